The number of nitrogens with one attached hydrogen (secondary N) is 1. The third kappa shape index (κ3) is 5.29. The average molecular weight is 419 g/mol. The van der Waals surface area contributed by atoms with Crippen LogP contribution in [-0.4, -0.2) is 43.4 Å². The highest BCUT2D eigenvalue weighted by molar-refractivity contribution is 5.76. The molecule has 31 heavy (non-hydrogen) atoms. The SMILES string of the molecule is CCc1nccn1CCC(=O)N1CCC[C@@H](c2ccc(Nc3cccc(C)n3)cn2)C1. The third-order valence-electron chi connectivity index (χ3n) is 5.82. The Balaban J connectivity index is 1.34. The van der Waals surface area contributed by atoms with Crippen molar-refractivity contribution in [1.29, 1.82) is 0 Å². The molecule has 0 radical (unpaired) electrons. The molecule has 4 rings (SSSR count). The first kappa shape index (κ1) is 21.0. The number of imidazole rings is 1. The van der Waals surface area contributed by atoms with Gasteiger partial charge < -0.3 is 14.8 Å². The molecule has 162 valence electrons. The van der Waals surface area contributed by atoms with Gasteiger partial charge in [-0.2, -0.15) is 0 Å². The number of hydrogen-bond donors (Lipinski definition) is 1. The van der Waals surface area contributed by atoms with Crippen LogP contribution < -0.4 is 5.32 Å². The lowest BCUT2D eigenvalue weighted by molar-refractivity contribution is -0.132. The molecule has 7 heteroatoms. The van der Waals surface area contributed by atoms with E-state index < -0.39 is 0 Å². The van der Waals surface area contributed by atoms with Gasteiger partial charge in [0.15, 0.2) is 0 Å². The Hall–Kier alpha value is -3.22. The second-order valence-corrected chi connectivity index (χ2v) is 8.08. The van der Waals surface area contributed by atoms with Gasteiger partial charge in [0.2, 0.25) is 5.91 Å². The molecule has 3 aromatic rings. The van der Waals surface area contributed by atoms with Crippen LogP contribution in [0.25, 0.3) is 0 Å². The van der Waals surface area contributed by atoms with Crippen molar-refractivity contribution in [1.82, 2.24) is 24.4 Å². The second kappa shape index (κ2) is 9.73. The van der Waals surface area contributed by atoms with Crippen molar-refractivity contribution in [2.24, 2.45) is 0 Å². The molecule has 7 nitrogen and oxygen atoms in total. The molecule has 0 bridgehead atoms. The molecule has 1 atom stereocenters. The van der Waals surface area contributed by atoms with E-state index in [1.165, 1.54) is 0 Å². The molecular weight excluding hydrogens is 388 g/mol. The van der Waals surface area contributed by atoms with Gasteiger partial charge in [-0.15, -0.1) is 0 Å². The highest BCUT2D eigenvalue weighted by Crippen LogP contribution is 2.27. The summed E-state index contributed by atoms with van der Waals surface area (Å²) in [6.45, 7) is 6.32. The molecule has 0 saturated carbocycles. The first-order valence-electron chi connectivity index (χ1n) is 11.1. The van der Waals surface area contributed by atoms with E-state index in [-0.39, 0.29) is 11.8 Å². The Kier molecular flexibility index (Phi) is 6.60. The fourth-order valence-electron chi connectivity index (χ4n) is 4.16. The zero-order valence-corrected chi connectivity index (χ0v) is 18.3. The number of anilines is 2. The molecule has 1 aliphatic heterocycles. The Morgan fingerprint density at radius 2 is 2.13 bits per heavy atom. The molecule has 1 saturated heterocycles. The number of hydrogen-bond acceptors (Lipinski definition) is 5. The summed E-state index contributed by atoms with van der Waals surface area (Å²) in [5.41, 5.74) is 2.93. The Morgan fingerprint density at radius 1 is 1.23 bits per heavy atom. The second-order valence-electron chi connectivity index (χ2n) is 8.08. The number of aryl methyl sites for hydroxylation is 3. The van der Waals surface area contributed by atoms with Gasteiger partial charge in [-0.25, -0.2) is 9.97 Å². The topological polar surface area (TPSA) is 75.9 Å². The summed E-state index contributed by atoms with van der Waals surface area (Å²) in [6, 6.07) is 10.0. The maximum Gasteiger partial charge on any atom is 0.224 e. The number of carbonyl (C=O) groups is 1. The maximum atomic E-state index is 12.8. The van der Waals surface area contributed by atoms with Gasteiger partial charge in [-0.1, -0.05) is 13.0 Å². The standard InChI is InChI=1S/C24H30N6O/c1-3-23-25-12-15-29(23)14-11-24(31)30-13-5-7-19(17-30)21-10-9-20(16-26-21)28-22-8-4-6-18(2)27-22/h4,6,8-10,12,15-16,19H,3,5,7,11,13-14,17H2,1-2H3,(H,27,28)/t19-/m1/s1. The van der Waals surface area contributed by atoms with Crippen LogP contribution in [0, 0.1) is 6.92 Å². The smallest absolute Gasteiger partial charge is 0.224 e. The highest BCUT2D eigenvalue weighted by atomic mass is 16.2. The highest BCUT2D eigenvalue weighted by Gasteiger charge is 2.25. The van der Waals surface area contributed by atoms with Crippen LogP contribution >= 0.6 is 0 Å². The lowest BCUT2D eigenvalue weighted by Crippen LogP contribution is -2.39. The largest absolute Gasteiger partial charge is 0.342 e. The molecule has 3 aromatic heterocycles. The van der Waals surface area contributed by atoms with Crippen molar-refractivity contribution >= 4 is 17.4 Å². The van der Waals surface area contributed by atoms with Crippen molar-refractivity contribution in [3.05, 3.63) is 66.1 Å². The summed E-state index contributed by atoms with van der Waals surface area (Å²) in [4.78, 5) is 28.3. The number of likely N-dealkylation sites (tertiary alicyclic amines) is 1. The van der Waals surface area contributed by atoms with Crippen molar-refractivity contribution in [2.45, 2.75) is 52.0 Å². The molecule has 1 N–H and O–H groups in total. The number of aromatic nitrogens is 4. The van der Waals surface area contributed by atoms with Crippen molar-refractivity contribution in [2.75, 3.05) is 18.4 Å². The summed E-state index contributed by atoms with van der Waals surface area (Å²) in [5.74, 6) is 2.34. The van der Waals surface area contributed by atoms with Gasteiger partial charge in [-0.05, 0) is 44.0 Å². The van der Waals surface area contributed by atoms with E-state index in [0.29, 0.717) is 13.0 Å². The number of amides is 1. The fraction of sp³-hybridized carbons (Fsp3) is 0.417. The van der Waals surface area contributed by atoms with Gasteiger partial charge in [0, 0.05) is 62.2 Å². The van der Waals surface area contributed by atoms with Crippen LogP contribution in [0.4, 0.5) is 11.5 Å². The first-order chi connectivity index (χ1) is 15.1. The van der Waals surface area contributed by atoms with E-state index in [1.807, 2.05) is 48.5 Å². The molecule has 1 aliphatic rings. The summed E-state index contributed by atoms with van der Waals surface area (Å²) in [6.07, 6.45) is 9.07. The normalized spacial score (nSPS) is 16.3. The monoisotopic (exact) mass is 418 g/mol. The van der Waals surface area contributed by atoms with Crippen LogP contribution in [0.3, 0.4) is 0 Å². The molecule has 0 aromatic carbocycles. The molecule has 0 aliphatic carbocycles. The van der Waals surface area contributed by atoms with Gasteiger partial charge >= 0.3 is 0 Å². The lowest BCUT2D eigenvalue weighted by Gasteiger charge is -2.32. The quantitative estimate of drug-likeness (QED) is 0.626. The summed E-state index contributed by atoms with van der Waals surface area (Å²) in [7, 11) is 0. The number of carbonyl (C=O) groups excluding carboxylic acids is 1. The van der Waals surface area contributed by atoms with E-state index >= 15 is 0 Å². The number of pyridine rings is 2. The molecule has 4 heterocycles. The van der Waals surface area contributed by atoms with E-state index in [0.717, 1.165) is 61.1 Å². The van der Waals surface area contributed by atoms with E-state index in [4.69, 9.17) is 0 Å². The van der Waals surface area contributed by atoms with Gasteiger partial charge in [0.25, 0.3) is 0 Å². The Bertz CT molecular complexity index is 1010. The van der Waals surface area contributed by atoms with Crippen molar-refractivity contribution < 1.29 is 4.79 Å². The summed E-state index contributed by atoms with van der Waals surface area (Å²) >= 11 is 0. The summed E-state index contributed by atoms with van der Waals surface area (Å²) in [5, 5.41) is 3.30. The van der Waals surface area contributed by atoms with Crippen LogP contribution in [0.2, 0.25) is 0 Å². The molecule has 0 spiro atoms. The van der Waals surface area contributed by atoms with E-state index in [1.54, 1.807) is 6.20 Å². The minimum absolute atomic E-state index is 0.212. The lowest BCUT2D eigenvalue weighted by atomic mass is 9.94. The van der Waals surface area contributed by atoms with Gasteiger partial charge in [0.05, 0.1) is 11.9 Å². The number of piperidine rings is 1. The third-order valence-corrected chi connectivity index (χ3v) is 5.82. The summed E-state index contributed by atoms with van der Waals surface area (Å²) < 4.78 is 2.08. The van der Waals surface area contributed by atoms with Gasteiger partial charge in [0.1, 0.15) is 11.6 Å². The molecule has 1 fully saturated rings. The number of rotatable bonds is 7. The minimum Gasteiger partial charge on any atom is -0.342 e. The van der Waals surface area contributed by atoms with Crippen LogP contribution in [0.1, 0.15) is 49.3 Å². The number of nitrogens with zero attached hydrogens (tertiary/aromatic N) is 5. The predicted molar refractivity (Wildman–Crippen MR) is 121 cm³/mol. The maximum absolute atomic E-state index is 12.8. The molecular formula is C24H30N6O. The zero-order chi connectivity index (χ0) is 21.6. The average Bonchev–Trinajstić information content (AvgIpc) is 3.26. The minimum atomic E-state index is 0.212. The van der Waals surface area contributed by atoms with E-state index in [9.17, 15) is 4.79 Å². The van der Waals surface area contributed by atoms with E-state index in [2.05, 4.69) is 37.8 Å². The van der Waals surface area contributed by atoms with Crippen molar-refractivity contribution in [3.63, 3.8) is 0 Å². The van der Waals surface area contributed by atoms with Crippen LogP contribution in [0.5, 0.6) is 0 Å². The van der Waals surface area contributed by atoms with Gasteiger partial charge in [-0.3, -0.25) is 9.78 Å². The van der Waals surface area contributed by atoms with Crippen LogP contribution in [0.15, 0.2) is 48.9 Å². The van der Waals surface area contributed by atoms with Crippen molar-refractivity contribution in [3.8, 4) is 0 Å². The zero-order valence-electron chi connectivity index (χ0n) is 18.3. The first-order valence-corrected chi connectivity index (χ1v) is 11.1. The molecule has 1 amide bonds. The predicted octanol–water partition coefficient (Wildman–Crippen LogP) is 4.08. The fourth-order valence-corrected chi connectivity index (χ4v) is 4.16. The Labute approximate surface area is 183 Å². The van der Waals surface area contributed by atoms with Crippen LogP contribution in [-0.2, 0) is 17.8 Å². The Morgan fingerprint density at radius 3 is 2.90 bits per heavy atom. The molecule has 0 unspecified atom stereocenters.